The monoisotopic (exact) mass is 453 g/mol. The molecule has 0 atom stereocenters. The lowest BCUT2D eigenvalue weighted by atomic mass is 10.1. The van der Waals surface area contributed by atoms with Gasteiger partial charge in [-0.3, -0.25) is 24.2 Å². The highest BCUT2D eigenvalue weighted by Gasteiger charge is 2.42. The number of anilines is 2. The maximum absolute atomic E-state index is 13.9. The van der Waals surface area contributed by atoms with E-state index in [0.717, 1.165) is 11.8 Å². The molecule has 3 amide bonds. The van der Waals surface area contributed by atoms with Crippen molar-refractivity contribution in [2.75, 3.05) is 23.3 Å². The number of fused-ring (bicyclic) bond motifs is 1. The molecule has 9 heteroatoms. The van der Waals surface area contributed by atoms with Crippen molar-refractivity contribution in [3.8, 4) is 0 Å². The van der Waals surface area contributed by atoms with E-state index in [1.807, 2.05) is 0 Å². The van der Waals surface area contributed by atoms with Crippen LogP contribution in [0.5, 0.6) is 0 Å². The fourth-order valence-electron chi connectivity index (χ4n) is 3.39. The lowest BCUT2D eigenvalue weighted by molar-refractivity contribution is -0.122. The SMILES string of the molecule is C=CCN1C(=O)C(=C2C(=O)N(CC(=O)Nc3ccccc3F)c3ccccc32)SC1=S. The summed E-state index contributed by atoms with van der Waals surface area (Å²) in [6.45, 7) is 3.54. The molecule has 1 N–H and O–H groups in total. The third-order valence-corrected chi connectivity index (χ3v) is 6.21. The van der Waals surface area contributed by atoms with E-state index < -0.39 is 17.6 Å². The van der Waals surface area contributed by atoms with Crippen molar-refractivity contribution in [3.05, 3.63) is 77.5 Å². The summed E-state index contributed by atoms with van der Waals surface area (Å²) in [7, 11) is 0. The lowest BCUT2D eigenvalue weighted by Gasteiger charge is -2.17. The van der Waals surface area contributed by atoms with E-state index in [1.165, 1.54) is 28.0 Å². The molecule has 156 valence electrons. The summed E-state index contributed by atoms with van der Waals surface area (Å²) in [6.07, 6.45) is 1.56. The molecule has 1 fully saturated rings. The Kier molecular flexibility index (Phi) is 5.71. The fraction of sp³-hybridized carbons (Fsp3) is 0.0909. The molecule has 4 rings (SSSR count). The summed E-state index contributed by atoms with van der Waals surface area (Å²) in [6, 6.07) is 12.7. The first-order chi connectivity index (χ1) is 14.9. The molecule has 31 heavy (non-hydrogen) atoms. The molecule has 2 aliphatic heterocycles. The molecule has 2 aromatic carbocycles. The van der Waals surface area contributed by atoms with Crippen LogP contribution in [0.25, 0.3) is 5.57 Å². The van der Waals surface area contributed by atoms with Gasteiger partial charge in [-0.05, 0) is 18.2 Å². The van der Waals surface area contributed by atoms with Crippen molar-refractivity contribution >= 4 is 63.0 Å². The van der Waals surface area contributed by atoms with E-state index in [-0.39, 0.29) is 35.2 Å². The van der Waals surface area contributed by atoms with Crippen molar-refractivity contribution in [2.45, 2.75) is 0 Å². The first kappa shape index (κ1) is 21.0. The molecule has 0 unspecified atom stereocenters. The fourth-order valence-corrected chi connectivity index (χ4v) is 4.73. The van der Waals surface area contributed by atoms with Crippen LogP contribution in [0.4, 0.5) is 15.8 Å². The minimum absolute atomic E-state index is 0.0259. The van der Waals surface area contributed by atoms with Crippen LogP contribution in [0, 0.1) is 5.82 Å². The Labute approximate surface area is 187 Å². The van der Waals surface area contributed by atoms with Crippen molar-refractivity contribution in [3.63, 3.8) is 0 Å². The van der Waals surface area contributed by atoms with Crippen LogP contribution in [0.1, 0.15) is 5.56 Å². The molecule has 0 saturated carbocycles. The maximum atomic E-state index is 13.9. The summed E-state index contributed by atoms with van der Waals surface area (Å²) >= 11 is 6.33. The Balaban J connectivity index is 1.66. The van der Waals surface area contributed by atoms with Crippen LogP contribution in [0.2, 0.25) is 0 Å². The number of nitrogens with zero attached hydrogens (tertiary/aromatic N) is 2. The molecule has 2 heterocycles. The third-order valence-electron chi connectivity index (χ3n) is 4.76. The summed E-state index contributed by atoms with van der Waals surface area (Å²) in [5, 5.41) is 2.48. The second kappa shape index (κ2) is 8.44. The maximum Gasteiger partial charge on any atom is 0.267 e. The second-order valence-electron chi connectivity index (χ2n) is 6.71. The lowest BCUT2D eigenvalue weighted by Crippen LogP contribution is -2.35. The Hall–Kier alpha value is -3.30. The van der Waals surface area contributed by atoms with Gasteiger partial charge < -0.3 is 5.32 Å². The molecule has 2 aromatic rings. The van der Waals surface area contributed by atoms with Crippen LogP contribution in [-0.4, -0.2) is 40.0 Å². The molecule has 0 bridgehead atoms. The third kappa shape index (κ3) is 3.77. The van der Waals surface area contributed by atoms with E-state index in [0.29, 0.717) is 15.6 Å². The van der Waals surface area contributed by atoms with Crippen molar-refractivity contribution in [1.29, 1.82) is 0 Å². The predicted molar refractivity (Wildman–Crippen MR) is 123 cm³/mol. The van der Waals surface area contributed by atoms with E-state index in [1.54, 1.807) is 36.4 Å². The van der Waals surface area contributed by atoms with Crippen LogP contribution < -0.4 is 10.2 Å². The molecular formula is C22H16FN3O3S2. The minimum Gasteiger partial charge on any atom is -0.322 e. The summed E-state index contributed by atoms with van der Waals surface area (Å²) < 4.78 is 14.2. The molecule has 0 radical (unpaired) electrons. The molecule has 0 spiro atoms. The number of benzene rings is 2. The van der Waals surface area contributed by atoms with Crippen LogP contribution in [0.15, 0.2) is 66.1 Å². The van der Waals surface area contributed by atoms with Gasteiger partial charge in [0.25, 0.3) is 11.8 Å². The van der Waals surface area contributed by atoms with Gasteiger partial charge in [0.15, 0.2) is 0 Å². The Bertz CT molecular complexity index is 1180. The smallest absolute Gasteiger partial charge is 0.267 e. The van der Waals surface area contributed by atoms with Gasteiger partial charge in [0.2, 0.25) is 5.91 Å². The topological polar surface area (TPSA) is 69.7 Å². The van der Waals surface area contributed by atoms with Gasteiger partial charge in [0, 0.05) is 12.1 Å². The van der Waals surface area contributed by atoms with Crippen molar-refractivity contribution in [1.82, 2.24) is 4.90 Å². The van der Waals surface area contributed by atoms with E-state index in [9.17, 15) is 18.8 Å². The zero-order valence-electron chi connectivity index (χ0n) is 16.1. The highest BCUT2D eigenvalue weighted by Crippen LogP contribution is 2.44. The number of halogens is 1. The average molecular weight is 454 g/mol. The number of para-hydroxylation sites is 2. The van der Waals surface area contributed by atoms with Gasteiger partial charge in [-0.2, -0.15) is 0 Å². The standard InChI is InChI=1S/C22H16FN3O3S2/c1-2-11-25-21(29)19(31-22(25)30)18-13-7-3-6-10-16(13)26(20(18)28)12-17(27)24-15-9-5-4-8-14(15)23/h2-10H,1,11-12H2,(H,24,27). The number of hydrogen-bond acceptors (Lipinski definition) is 5. The molecule has 1 saturated heterocycles. The van der Waals surface area contributed by atoms with E-state index >= 15 is 0 Å². The predicted octanol–water partition coefficient (Wildman–Crippen LogP) is 3.57. The molecular weight excluding hydrogens is 437 g/mol. The minimum atomic E-state index is -0.574. The Morgan fingerprint density at radius 2 is 1.81 bits per heavy atom. The first-order valence-corrected chi connectivity index (χ1v) is 10.5. The van der Waals surface area contributed by atoms with Crippen LogP contribution in [0.3, 0.4) is 0 Å². The van der Waals surface area contributed by atoms with E-state index in [4.69, 9.17) is 12.2 Å². The van der Waals surface area contributed by atoms with E-state index in [2.05, 4.69) is 11.9 Å². The molecule has 6 nitrogen and oxygen atoms in total. The van der Waals surface area contributed by atoms with Gasteiger partial charge in [-0.15, -0.1) is 6.58 Å². The number of thiocarbonyl (C=S) groups is 1. The Morgan fingerprint density at radius 3 is 2.55 bits per heavy atom. The number of thioether (sulfide) groups is 1. The number of carbonyl (C=O) groups is 3. The largest absolute Gasteiger partial charge is 0.322 e. The van der Waals surface area contributed by atoms with Crippen LogP contribution >= 0.6 is 24.0 Å². The van der Waals surface area contributed by atoms with Gasteiger partial charge in [-0.1, -0.05) is 60.4 Å². The summed E-state index contributed by atoms with van der Waals surface area (Å²) in [5.74, 6) is -1.99. The van der Waals surface area contributed by atoms with Gasteiger partial charge >= 0.3 is 0 Å². The van der Waals surface area contributed by atoms with Crippen LogP contribution in [-0.2, 0) is 14.4 Å². The van der Waals surface area contributed by atoms with Gasteiger partial charge in [0.1, 0.15) is 16.7 Å². The Morgan fingerprint density at radius 1 is 1.10 bits per heavy atom. The van der Waals surface area contributed by atoms with Gasteiger partial charge in [-0.25, -0.2) is 4.39 Å². The summed E-state index contributed by atoms with van der Waals surface area (Å²) in [5.41, 5.74) is 1.28. The molecule has 2 aliphatic rings. The second-order valence-corrected chi connectivity index (χ2v) is 8.36. The first-order valence-electron chi connectivity index (χ1n) is 9.27. The van der Waals surface area contributed by atoms with Gasteiger partial charge in [0.05, 0.1) is 21.9 Å². The number of hydrogen-bond donors (Lipinski definition) is 1. The highest BCUT2D eigenvalue weighted by atomic mass is 32.2. The summed E-state index contributed by atoms with van der Waals surface area (Å²) in [4.78, 5) is 41.6. The quantitative estimate of drug-likeness (QED) is 0.426. The highest BCUT2D eigenvalue weighted by molar-refractivity contribution is 8.26. The number of nitrogens with one attached hydrogen (secondary N) is 1. The average Bonchev–Trinajstić information content (AvgIpc) is 3.18. The number of carbonyl (C=O) groups excluding carboxylic acids is 3. The zero-order valence-corrected chi connectivity index (χ0v) is 17.8. The van der Waals surface area contributed by atoms with Crippen molar-refractivity contribution < 1.29 is 18.8 Å². The normalized spacial score (nSPS) is 17.9. The molecule has 0 aliphatic carbocycles. The zero-order chi connectivity index (χ0) is 22.1. The number of rotatable bonds is 5. The number of amides is 3. The van der Waals surface area contributed by atoms with Crippen molar-refractivity contribution in [2.24, 2.45) is 0 Å². The molecule has 0 aromatic heterocycles.